The first-order valence-corrected chi connectivity index (χ1v) is 10.5. The lowest BCUT2D eigenvalue weighted by Crippen LogP contribution is -2.38. The molecule has 0 bridgehead atoms. The number of aryl methyl sites for hydroxylation is 1. The minimum atomic E-state index is -0.482. The Morgan fingerprint density at radius 3 is 2.52 bits per heavy atom. The molecule has 0 radical (unpaired) electrons. The van der Waals surface area contributed by atoms with Gasteiger partial charge in [0.2, 0.25) is 5.91 Å². The van der Waals surface area contributed by atoms with Crippen molar-refractivity contribution >= 4 is 46.0 Å². The molecule has 1 aliphatic heterocycles. The first-order valence-electron chi connectivity index (χ1n) is 9.33. The zero-order valence-corrected chi connectivity index (χ0v) is 16.8. The van der Waals surface area contributed by atoms with Crippen LogP contribution in [0.25, 0.3) is 11.0 Å². The minimum absolute atomic E-state index is 0.0449. The van der Waals surface area contributed by atoms with Gasteiger partial charge in [-0.2, -0.15) is 11.8 Å². The predicted molar refractivity (Wildman–Crippen MR) is 116 cm³/mol. The predicted octanol–water partition coefficient (Wildman–Crippen LogP) is 2.97. The van der Waals surface area contributed by atoms with E-state index >= 15 is 0 Å². The lowest BCUT2D eigenvalue weighted by Gasteiger charge is -2.27. The van der Waals surface area contributed by atoms with E-state index in [9.17, 15) is 9.59 Å². The maximum absolute atomic E-state index is 13.2. The number of nitrogens with two attached hydrogens (primary N) is 1. The second kappa shape index (κ2) is 8.08. The van der Waals surface area contributed by atoms with Gasteiger partial charge in [-0.3, -0.25) is 9.59 Å². The summed E-state index contributed by atoms with van der Waals surface area (Å²) in [5, 5.41) is 4.11. The van der Waals surface area contributed by atoms with Gasteiger partial charge in [0.1, 0.15) is 0 Å². The van der Waals surface area contributed by atoms with E-state index in [0.717, 1.165) is 41.4 Å². The summed E-state index contributed by atoms with van der Waals surface area (Å²) in [5.74, 6) is 1.34. The summed E-state index contributed by atoms with van der Waals surface area (Å²) in [6, 6.07) is 10.7. The van der Waals surface area contributed by atoms with Crippen LogP contribution in [0.3, 0.4) is 0 Å². The first kappa shape index (κ1) is 19.2. The van der Waals surface area contributed by atoms with Crippen molar-refractivity contribution in [2.45, 2.75) is 6.92 Å². The molecule has 3 aromatic rings. The molecule has 3 N–H and O–H groups in total. The monoisotopic (exact) mass is 407 g/mol. The second-order valence-electron chi connectivity index (χ2n) is 6.84. The van der Waals surface area contributed by atoms with E-state index in [2.05, 4.69) is 15.3 Å². The number of nitrogens with zero attached hydrogens (tertiary/aromatic N) is 3. The topological polar surface area (TPSA) is 101 Å². The Morgan fingerprint density at radius 2 is 1.83 bits per heavy atom. The highest BCUT2D eigenvalue weighted by Gasteiger charge is 2.23. The fourth-order valence-electron chi connectivity index (χ4n) is 3.27. The van der Waals surface area contributed by atoms with Crippen molar-refractivity contribution in [2.24, 2.45) is 5.73 Å². The Morgan fingerprint density at radius 1 is 1.10 bits per heavy atom. The molecule has 1 aliphatic rings. The molecule has 0 unspecified atom stereocenters. The van der Waals surface area contributed by atoms with Crippen molar-refractivity contribution in [1.82, 2.24) is 14.9 Å². The van der Waals surface area contributed by atoms with Gasteiger partial charge in [0.25, 0.3) is 5.91 Å². The van der Waals surface area contributed by atoms with Crippen molar-refractivity contribution in [3.63, 3.8) is 0 Å². The molecule has 8 heteroatoms. The third-order valence-electron chi connectivity index (χ3n) is 4.84. The van der Waals surface area contributed by atoms with Gasteiger partial charge in [0.05, 0.1) is 11.3 Å². The van der Waals surface area contributed by atoms with Crippen LogP contribution in [0, 0.1) is 6.92 Å². The number of hydrogen-bond donors (Lipinski definition) is 2. The Bertz CT molecular complexity index is 1080. The number of benzene rings is 1. The Kier molecular flexibility index (Phi) is 5.35. The third kappa shape index (κ3) is 4.02. The zero-order chi connectivity index (χ0) is 20.4. The van der Waals surface area contributed by atoms with Crippen LogP contribution in [-0.2, 0) is 0 Å². The molecule has 4 rings (SSSR count). The second-order valence-corrected chi connectivity index (χ2v) is 8.07. The molecule has 0 aliphatic carbocycles. The van der Waals surface area contributed by atoms with E-state index in [0.29, 0.717) is 22.5 Å². The van der Waals surface area contributed by atoms with Gasteiger partial charge in [-0.1, -0.05) is 0 Å². The van der Waals surface area contributed by atoms with Gasteiger partial charge in [-0.15, -0.1) is 0 Å². The van der Waals surface area contributed by atoms with E-state index < -0.39 is 5.91 Å². The third-order valence-corrected chi connectivity index (χ3v) is 5.78. The number of thioether (sulfide) groups is 1. The Balaban J connectivity index is 1.77. The van der Waals surface area contributed by atoms with E-state index in [1.165, 1.54) is 0 Å². The van der Waals surface area contributed by atoms with Gasteiger partial charge < -0.3 is 16.0 Å². The molecule has 1 aromatic carbocycles. The summed E-state index contributed by atoms with van der Waals surface area (Å²) < 4.78 is 0. The molecule has 0 atom stereocenters. The normalized spacial score (nSPS) is 14.0. The number of rotatable bonds is 4. The summed E-state index contributed by atoms with van der Waals surface area (Å²) in [6.45, 7) is 3.35. The van der Waals surface area contributed by atoms with E-state index in [-0.39, 0.29) is 5.91 Å². The van der Waals surface area contributed by atoms with Gasteiger partial charge in [-0.05, 0) is 43.3 Å². The number of hydrogen-bond acceptors (Lipinski definition) is 6. The van der Waals surface area contributed by atoms with Crippen molar-refractivity contribution in [3.05, 3.63) is 59.4 Å². The van der Waals surface area contributed by atoms with Crippen LogP contribution in [-0.4, -0.2) is 51.3 Å². The molecule has 1 fully saturated rings. The number of fused-ring (bicyclic) bond motifs is 1. The number of carbonyl (C=O) groups excluding carboxylic acids is 2. The van der Waals surface area contributed by atoms with E-state index in [4.69, 9.17) is 5.73 Å². The summed E-state index contributed by atoms with van der Waals surface area (Å²) in [5.41, 5.74) is 9.10. The lowest BCUT2D eigenvalue weighted by atomic mass is 10.1. The molecule has 7 nitrogen and oxygen atoms in total. The van der Waals surface area contributed by atoms with Crippen molar-refractivity contribution in [3.8, 4) is 0 Å². The fraction of sp³-hybridized carbons (Fsp3) is 0.238. The van der Waals surface area contributed by atoms with Crippen molar-refractivity contribution < 1.29 is 9.59 Å². The molecule has 0 spiro atoms. The van der Waals surface area contributed by atoms with Crippen LogP contribution in [0.2, 0.25) is 0 Å². The molecule has 1 saturated heterocycles. The summed E-state index contributed by atoms with van der Waals surface area (Å²) in [7, 11) is 0. The number of pyridine rings is 2. The van der Waals surface area contributed by atoms with Crippen molar-refractivity contribution in [2.75, 3.05) is 29.9 Å². The molecular formula is C21H21N5O2S. The quantitative estimate of drug-likeness (QED) is 0.690. The Labute approximate surface area is 172 Å². The van der Waals surface area contributed by atoms with Gasteiger partial charge in [-0.25, -0.2) is 9.97 Å². The largest absolute Gasteiger partial charge is 0.366 e. The summed E-state index contributed by atoms with van der Waals surface area (Å²) in [4.78, 5) is 35.3. The highest BCUT2D eigenvalue weighted by atomic mass is 32.2. The van der Waals surface area contributed by atoms with Crippen LogP contribution in [0.15, 0.2) is 42.6 Å². The lowest BCUT2D eigenvalue weighted by molar-refractivity contribution is 0.0773. The average Bonchev–Trinajstić information content (AvgIpc) is 2.74. The maximum atomic E-state index is 13.2. The smallest absolute Gasteiger partial charge is 0.257 e. The molecule has 29 heavy (non-hydrogen) atoms. The number of anilines is 2. The number of nitrogens with one attached hydrogen (secondary N) is 1. The number of aromatic nitrogens is 2. The molecule has 3 heterocycles. The summed E-state index contributed by atoms with van der Waals surface area (Å²) in [6.07, 6.45) is 1.60. The van der Waals surface area contributed by atoms with Crippen LogP contribution in [0.4, 0.5) is 11.4 Å². The zero-order valence-electron chi connectivity index (χ0n) is 16.0. The highest BCUT2D eigenvalue weighted by molar-refractivity contribution is 7.99. The standard InChI is InChI=1S/C21H21N5O2S/c1-13-2-7-16-18(25-15-5-3-14(4-6-15)19(22)27)17(12-23-20(16)24-13)21(28)26-8-10-29-11-9-26/h2-7,12H,8-11H2,1H3,(H2,22,27)(H,23,24,25). The fourth-order valence-corrected chi connectivity index (χ4v) is 4.17. The van der Waals surface area contributed by atoms with Crippen LogP contribution >= 0.6 is 11.8 Å². The van der Waals surface area contributed by atoms with E-state index in [1.807, 2.05) is 35.7 Å². The summed E-state index contributed by atoms with van der Waals surface area (Å²) >= 11 is 1.85. The minimum Gasteiger partial charge on any atom is -0.366 e. The van der Waals surface area contributed by atoms with Crippen molar-refractivity contribution in [1.29, 1.82) is 0 Å². The van der Waals surface area contributed by atoms with Crippen LogP contribution in [0.1, 0.15) is 26.4 Å². The SMILES string of the molecule is Cc1ccc2c(Nc3ccc(C(N)=O)cc3)c(C(=O)N3CCSCC3)cnc2n1. The van der Waals surface area contributed by atoms with Crippen LogP contribution in [0.5, 0.6) is 0 Å². The molecule has 2 amide bonds. The molecular weight excluding hydrogens is 386 g/mol. The van der Waals surface area contributed by atoms with Gasteiger partial charge in [0, 0.05) is 53.1 Å². The maximum Gasteiger partial charge on any atom is 0.257 e. The van der Waals surface area contributed by atoms with E-state index in [1.54, 1.807) is 30.5 Å². The van der Waals surface area contributed by atoms with Gasteiger partial charge >= 0.3 is 0 Å². The average molecular weight is 407 g/mol. The molecule has 2 aromatic heterocycles. The first-order chi connectivity index (χ1) is 14.0. The highest BCUT2D eigenvalue weighted by Crippen LogP contribution is 2.30. The number of carbonyl (C=O) groups is 2. The van der Waals surface area contributed by atoms with Crippen LogP contribution < -0.4 is 11.1 Å². The number of primary amides is 1. The molecule has 148 valence electrons. The Hall–Kier alpha value is -3.13. The number of amides is 2. The van der Waals surface area contributed by atoms with Gasteiger partial charge in [0.15, 0.2) is 5.65 Å². The molecule has 0 saturated carbocycles.